The van der Waals surface area contributed by atoms with Gasteiger partial charge in [-0.3, -0.25) is 5.10 Å². The molecule has 2 aromatic rings. The van der Waals surface area contributed by atoms with Crippen LogP contribution >= 0.6 is 12.4 Å². The second kappa shape index (κ2) is 10.6. The monoisotopic (exact) mass is 468 g/mol. The van der Waals surface area contributed by atoms with Crippen LogP contribution in [0.4, 0.5) is 4.79 Å². The summed E-state index contributed by atoms with van der Waals surface area (Å²) in [6.45, 7) is 11.5. The number of halogens is 1. The predicted molar refractivity (Wildman–Crippen MR) is 125 cm³/mol. The molecule has 2 heterocycles. The van der Waals surface area contributed by atoms with Gasteiger partial charge < -0.3 is 14.2 Å². The van der Waals surface area contributed by atoms with Gasteiger partial charge in [-0.1, -0.05) is 13.8 Å². The molecule has 8 nitrogen and oxygen atoms in total. The number of rotatable bonds is 8. The standard InChI is InChI=1S/C14H22N2O3.C9H14N2O.ClH/c1-13(2,3)19-12(17)16-10-11(9-15-16)18-8-7-14(4)5-6-14;1-9(2-3-9)4-5-12-8-6-10-11-7-8;/h9-10H,5-8H2,1-4H3;6-7H,2-5H2,1H3,(H,10,11);1H. The molecule has 0 bridgehead atoms. The van der Waals surface area contributed by atoms with Gasteiger partial charge in [0.25, 0.3) is 0 Å². The fourth-order valence-electron chi connectivity index (χ4n) is 2.86. The number of aromatic amines is 1. The lowest BCUT2D eigenvalue weighted by atomic mass is 10.1. The molecular formula is C23H37ClN4O4. The topological polar surface area (TPSA) is 91.3 Å². The summed E-state index contributed by atoms with van der Waals surface area (Å²) in [5.41, 5.74) is 0.537. The number of H-pyrrole nitrogens is 1. The number of nitrogens with zero attached hydrogens (tertiary/aromatic N) is 3. The van der Waals surface area contributed by atoms with Crippen LogP contribution in [0.2, 0.25) is 0 Å². The van der Waals surface area contributed by atoms with E-state index >= 15 is 0 Å². The molecule has 4 rings (SSSR count). The SMILES string of the molecule is CC1(CCOc2cn[nH]c2)CC1.CC1(CCOc2cnn(C(=O)OC(C)(C)C)c2)CC1.Cl. The van der Waals surface area contributed by atoms with Crippen molar-refractivity contribution in [1.29, 1.82) is 0 Å². The van der Waals surface area contributed by atoms with Crippen LogP contribution in [0.5, 0.6) is 11.5 Å². The first-order chi connectivity index (χ1) is 14.6. The molecule has 2 aliphatic rings. The molecule has 2 aromatic heterocycles. The summed E-state index contributed by atoms with van der Waals surface area (Å²) < 4.78 is 17.4. The molecule has 2 aliphatic carbocycles. The average molecular weight is 469 g/mol. The van der Waals surface area contributed by atoms with E-state index in [0.29, 0.717) is 23.2 Å². The summed E-state index contributed by atoms with van der Waals surface area (Å²) >= 11 is 0. The van der Waals surface area contributed by atoms with E-state index < -0.39 is 11.7 Å². The smallest absolute Gasteiger partial charge is 0.435 e. The van der Waals surface area contributed by atoms with Crippen molar-refractivity contribution in [3.63, 3.8) is 0 Å². The maximum Gasteiger partial charge on any atom is 0.435 e. The molecule has 0 spiro atoms. The van der Waals surface area contributed by atoms with Gasteiger partial charge in [-0.05, 0) is 70.1 Å². The van der Waals surface area contributed by atoms with E-state index in [0.717, 1.165) is 25.2 Å². The molecule has 180 valence electrons. The fourth-order valence-corrected chi connectivity index (χ4v) is 2.86. The first-order valence-corrected chi connectivity index (χ1v) is 11.1. The van der Waals surface area contributed by atoms with Crippen LogP contribution in [0.1, 0.15) is 73.1 Å². The average Bonchev–Trinajstić information content (AvgIpc) is 3.42. The molecule has 0 atom stereocenters. The molecule has 0 saturated heterocycles. The van der Waals surface area contributed by atoms with Crippen molar-refractivity contribution in [2.45, 2.75) is 78.7 Å². The van der Waals surface area contributed by atoms with Gasteiger partial charge >= 0.3 is 6.09 Å². The van der Waals surface area contributed by atoms with E-state index in [4.69, 9.17) is 14.2 Å². The Morgan fingerprint density at radius 3 is 2.06 bits per heavy atom. The van der Waals surface area contributed by atoms with Crippen LogP contribution in [0.15, 0.2) is 24.8 Å². The fraction of sp³-hybridized carbons (Fsp3) is 0.696. The zero-order valence-electron chi connectivity index (χ0n) is 19.8. The molecule has 9 heteroatoms. The number of carbonyl (C=O) groups excluding carboxylic acids is 1. The minimum absolute atomic E-state index is 0. The highest BCUT2D eigenvalue weighted by Crippen LogP contribution is 2.48. The lowest BCUT2D eigenvalue weighted by Gasteiger charge is -2.18. The van der Waals surface area contributed by atoms with Crippen molar-refractivity contribution >= 4 is 18.5 Å². The summed E-state index contributed by atoms with van der Waals surface area (Å²) in [6.07, 6.45) is 13.6. The summed E-state index contributed by atoms with van der Waals surface area (Å²) in [5, 5.41) is 10.5. The predicted octanol–water partition coefficient (Wildman–Crippen LogP) is 5.64. The minimum atomic E-state index is -0.523. The van der Waals surface area contributed by atoms with Crippen molar-refractivity contribution in [2.75, 3.05) is 13.2 Å². The third-order valence-electron chi connectivity index (χ3n) is 5.77. The van der Waals surface area contributed by atoms with E-state index in [1.807, 2.05) is 20.8 Å². The maximum absolute atomic E-state index is 11.7. The zero-order valence-corrected chi connectivity index (χ0v) is 20.7. The Morgan fingerprint density at radius 2 is 1.59 bits per heavy atom. The number of aromatic nitrogens is 4. The Kier molecular flexibility index (Phi) is 8.62. The van der Waals surface area contributed by atoms with Crippen LogP contribution in [0, 0.1) is 10.8 Å². The molecule has 2 saturated carbocycles. The van der Waals surface area contributed by atoms with Gasteiger partial charge in [-0.15, -0.1) is 12.4 Å². The van der Waals surface area contributed by atoms with E-state index in [1.165, 1.54) is 30.4 Å². The van der Waals surface area contributed by atoms with Crippen LogP contribution in [-0.2, 0) is 4.74 Å². The van der Waals surface area contributed by atoms with Gasteiger partial charge in [0.1, 0.15) is 5.60 Å². The number of ether oxygens (including phenoxy) is 3. The normalized spacial score (nSPS) is 17.3. The molecule has 0 unspecified atom stereocenters. The second-order valence-electron chi connectivity index (χ2n) is 10.4. The number of carbonyl (C=O) groups is 1. The first-order valence-electron chi connectivity index (χ1n) is 11.1. The third kappa shape index (κ3) is 9.10. The molecule has 32 heavy (non-hydrogen) atoms. The number of hydrogen-bond donors (Lipinski definition) is 1. The molecule has 2 fully saturated rings. The van der Waals surface area contributed by atoms with Crippen molar-refractivity contribution in [2.24, 2.45) is 10.8 Å². The largest absolute Gasteiger partial charge is 0.490 e. The molecule has 0 radical (unpaired) electrons. The van der Waals surface area contributed by atoms with Gasteiger partial charge in [0, 0.05) is 0 Å². The highest BCUT2D eigenvalue weighted by atomic mass is 35.5. The number of nitrogens with one attached hydrogen (secondary N) is 1. The Balaban J connectivity index is 0.000000241. The van der Waals surface area contributed by atoms with Crippen LogP contribution in [0.25, 0.3) is 0 Å². The summed E-state index contributed by atoms with van der Waals surface area (Å²) in [4.78, 5) is 11.7. The summed E-state index contributed by atoms with van der Waals surface area (Å²) in [7, 11) is 0. The van der Waals surface area contributed by atoms with E-state index in [2.05, 4.69) is 29.1 Å². The molecule has 0 aromatic carbocycles. The van der Waals surface area contributed by atoms with Crippen molar-refractivity contribution in [3.05, 3.63) is 24.8 Å². The molecule has 0 aliphatic heterocycles. The Bertz CT molecular complexity index is 837. The van der Waals surface area contributed by atoms with Crippen molar-refractivity contribution in [1.82, 2.24) is 20.0 Å². The van der Waals surface area contributed by atoms with Crippen LogP contribution in [-0.4, -0.2) is 44.9 Å². The van der Waals surface area contributed by atoms with Gasteiger partial charge in [-0.25, -0.2) is 4.79 Å². The minimum Gasteiger partial charge on any atom is -0.490 e. The quantitative estimate of drug-likeness (QED) is 0.539. The summed E-state index contributed by atoms with van der Waals surface area (Å²) in [6, 6.07) is 0. The van der Waals surface area contributed by atoms with E-state index in [-0.39, 0.29) is 12.4 Å². The van der Waals surface area contributed by atoms with Gasteiger partial charge in [0.15, 0.2) is 11.5 Å². The lowest BCUT2D eigenvalue weighted by Crippen LogP contribution is -2.27. The number of hydrogen-bond acceptors (Lipinski definition) is 6. The third-order valence-corrected chi connectivity index (χ3v) is 5.77. The Hall–Kier alpha value is -2.22. The maximum atomic E-state index is 11.7. The Labute approximate surface area is 196 Å². The van der Waals surface area contributed by atoms with Gasteiger partial charge in [0.2, 0.25) is 0 Å². The van der Waals surface area contributed by atoms with E-state index in [9.17, 15) is 4.79 Å². The zero-order chi connectivity index (χ0) is 22.5. The molecule has 0 amide bonds. The van der Waals surface area contributed by atoms with Gasteiger partial charge in [-0.2, -0.15) is 14.9 Å². The lowest BCUT2D eigenvalue weighted by molar-refractivity contribution is 0.0514. The van der Waals surface area contributed by atoms with Crippen LogP contribution in [0.3, 0.4) is 0 Å². The van der Waals surface area contributed by atoms with Crippen molar-refractivity contribution < 1.29 is 19.0 Å². The van der Waals surface area contributed by atoms with Crippen molar-refractivity contribution in [3.8, 4) is 11.5 Å². The van der Waals surface area contributed by atoms with Gasteiger partial charge in [0.05, 0.1) is 38.0 Å². The summed E-state index contributed by atoms with van der Waals surface area (Å²) in [5.74, 6) is 1.45. The van der Waals surface area contributed by atoms with Crippen LogP contribution < -0.4 is 9.47 Å². The molecule has 1 N–H and O–H groups in total. The molecular weight excluding hydrogens is 432 g/mol. The highest BCUT2D eigenvalue weighted by Gasteiger charge is 2.37. The Morgan fingerprint density at radius 1 is 1.03 bits per heavy atom. The first kappa shape index (κ1) is 26.0. The second-order valence-corrected chi connectivity index (χ2v) is 10.4. The highest BCUT2D eigenvalue weighted by molar-refractivity contribution is 5.85. The van der Waals surface area contributed by atoms with E-state index in [1.54, 1.807) is 24.8 Å².